The largest absolute Gasteiger partial charge is 0.462 e. The number of carbonyl (C=O) groups is 3. The molecule has 0 fully saturated rings. The molecule has 0 aliphatic heterocycles. The van der Waals surface area contributed by atoms with Crippen molar-refractivity contribution in [1.82, 2.24) is 0 Å². The van der Waals surface area contributed by atoms with Crippen molar-refractivity contribution in [2.24, 2.45) is 0 Å². The predicted octanol–water partition coefficient (Wildman–Crippen LogP) is 4.08. The van der Waals surface area contributed by atoms with E-state index in [1.807, 2.05) is 36.4 Å². The summed E-state index contributed by atoms with van der Waals surface area (Å²) in [6, 6.07) is 18.1. The van der Waals surface area contributed by atoms with Crippen LogP contribution in [0.25, 0.3) is 0 Å². The summed E-state index contributed by atoms with van der Waals surface area (Å²) in [5, 5.41) is 0. The Morgan fingerprint density at radius 3 is 2.17 bits per heavy atom. The maximum atomic E-state index is 11.9. The van der Waals surface area contributed by atoms with Gasteiger partial charge >= 0.3 is 17.9 Å². The molecule has 0 aliphatic rings. The average molecular weight is 398 g/mol. The molecule has 1 atom stereocenters. The number of esters is 3. The third kappa shape index (κ3) is 8.60. The standard InChI is InChI=1S/C23H26O6/c1-18(22(25)28-17-19-11-5-2-6-12-19)29-21(24)15-9-4-10-16-27-23(26)20-13-7-3-8-14-20/h2-3,5-8,11-14,18H,4,9-10,15-17H2,1H3/t18-/m0/s1. The van der Waals surface area contributed by atoms with Crippen molar-refractivity contribution >= 4 is 17.9 Å². The highest BCUT2D eigenvalue weighted by Crippen LogP contribution is 2.08. The molecule has 6 heteroatoms. The zero-order chi connectivity index (χ0) is 20.9. The first-order chi connectivity index (χ1) is 14.1. The van der Waals surface area contributed by atoms with Crippen LogP contribution in [0.15, 0.2) is 60.7 Å². The highest BCUT2D eigenvalue weighted by Gasteiger charge is 2.19. The van der Waals surface area contributed by atoms with Crippen molar-refractivity contribution in [2.45, 2.75) is 45.3 Å². The fourth-order valence-electron chi connectivity index (χ4n) is 2.52. The smallest absolute Gasteiger partial charge is 0.347 e. The van der Waals surface area contributed by atoms with Crippen molar-refractivity contribution < 1.29 is 28.6 Å². The van der Waals surface area contributed by atoms with Crippen LogP contribution in [0, 0.1) is 0 Å². The van der Waals surface area contributed by atoms with E-state index in [0.717, 1.165) is 5.56 Å². The first-order valence-corrected chi connectivity index (χ1v) is 9.68. The number of hydrogen-bond donors (Lipinski definition) is 0. The van der Waals surface area contributed by atoms with E-state index in [1.54, 1.807) is 24.3 Å². The number of hydrogen-bond acceptors (Lipinski definition) is 6. The monoisotopic (exact) mass is 398 g/mol. The first-order valence-electron chi connectivity index (χ1n) is 9.68. The van der Waals surface area contributed by atoms with Gasteiger partial charge in [-0.15, -0.1) is 0 Å². The molecule has 0 saturated carbocycles. The van der Waals surface area contributed by atoms with Gasteiger partial charge in [-0.05, 0) is 43.9 Å². The molecule has 0 aliphatic carbocycles. The third-order valence-corrected chi connectivity index (χ3v) is 4.13. The summed E-state index contributed by atoms with van der Waals surface area (Å²) in [5.41, 5.74) is 1.39. The van der Waals surface area contributed by atoms with Gasteiger partial charge in [-0.25, -0.2) is 9.59 Å². The van der Waals surface area contributed by atoms with Gasteiger partial charge in [0.1, 0.15) is 6.61 Å². The molecule has 6 nitrogen and oxygen atoms in total. The Labute approximate surface area is 170 Å². The fourth-order valence-corrected chi connectivity index (χ4v) is 2.52. The summed E-state index contributed by atoms with van der Waals surface area (Å²) < 4.78 is 15.4. The highest BCUT2D eigenvalue weighted by atomic mass is 16.6. The van der Waals surface area contributed by atoms with E-state index in [2.05, 4.69) is 0 Å². The molecule has 2 aromatic rings. The van der Waals surface area contributed by atoms with Gasteiger partial charge in [-0.3, -0.25) is 4.79 Å². The summed E-state index contributed by atoms with van der Waals surface area (Å²) in [6.07, 6.45) is 1.21. The molecule has 2 rings (SSSR count). The van der Waals surface area contributed by atoms with Gasteiger partial charge in [0, 0.05) is 6.42 Å². The van der Waals surface area contributed by atoms with Crippen molar-refractivity contribution in [3.8, 4) is 0 Å². The van der Waals surface area contributed by atoms with Crippen LogP contribution >= 0.6 is 0 Å². The van der Waals surface area contributed by atoms with E-state index in [0.29, 0.717) is 31.4 Å². The van der Waals surface area contributed by atoms with E-state index in [1.165, 1.54) is 6.92 Å². The number of rotatable bonds is 11. The molecule has 0 heterocycles. The normalized spacial score (nSPS) is 11.3. The zero-order valence-corrected chi connectivity index (χ0v) is 16.5. The molecule has 0 amide bonds. The van der Waals surface area contributed by atoms with Crippen LogP contribution in [0.1, 0.15) is 48.5 Å². The van der Waals surface area contributed by atoms with Crippen LogP contribution < -0.4 is 0 Å². The lowest BCUT2D eigenvalue weighted by Crippen LogP contribution is -2.26. The first kappa shape index (κ1) is 22.1. The molecule has 154 valence electrons. The number of carbonyl (C=O) groups excluding carboxylic acids is 3. The lowest BCUT2D eigenvalue weighted by atomic mass is 10.2. The highest BCUT2D eigenvalue weighted by molar-refractivity contribution is 5.89. The third-order valence-electron chi connectivity index (χ3n) is 4.13. The van der Waals surface area contributed by atoms with E-state index < -0.39 is 18.0 Å². The Bertz CT molecular complexity index is 772. The van der Waals surface area contributed by atoms with Gasteiger partial charge < -0.3 is 14.2 Å². The second kappa shape index (κ2) is 12.3. The number of benzene rings is 2. The Morgan fingerprint density at radius 1 is 0.828 bits per heavy atom. The average Bonchev–Trinajstić information content (AvgIpc) is 2.75. The van der Waals surface area contributed by atoms with Crippen LogP contribution in [-0.4, -0.2) is 30.6 Å². The molecular formula is C23H26O6. The molecule has 0 spiro atoms. The molecule has 0 unspecified atom stereocenters. The van der Waals surface area contributed by atoms with Gasteiger partial charge in [-0.2, -0.15) is 0 Å². The molecule has 0 bridgehead atoms. The molecule has 2 aromatic carbocycles. The lowest BCUT2D eigenvalue weighted by molar-refractivity contribution is -0.167. The topological polar surface area (TPSA) is 78.9 Å². The Kier molecular flexibility index (Phi) is 9.42. The van der Waals surface area contributed by atoms with E-state index in [4.69, 9.17) is 14.2 Å². The quantitative estimate of drug-likeness (QED) is 0.322. The number of ether oxygens (including phenoxy) is 3. The van der Waals surface area contributed by atoms with Crippen molar-refractivity contribution in [3.63, 3.8) is 0 Å². The predicted molar refractivity (Wildman–Crippen MR) is 107 cm³/mol. The molecule has 0 aromatic heterocycles. The molecular weight excluding hydrogens is 372 g/mol. The Balaban J connectivity index is 1.53. The summed E-state index contributed by atoms with van der Waals surface area (Å²) in [5.74, 6) is -1.38. The molecule has 0 radical (unpaired) electrons. The lowest BCUT2D eigenvalue weighted by Gasteiger charge is -2.13. The van der Waals surface area contributed by atoms with Crippen LogP contribution in [0.2, 0.25) is 0 Å². The summed E-state index contributed by atoms with van der Waals surface area (Å²) in [4.78, 5) is 35.5. The van der Waals surface area contributed by atoms with Crippen LogP contribution in [0.3, 0.4) is 0 Å². The Morgan fingerprint density at radius 2 is 1.48 bits per heavy atom. The maximum Gasteiger partial charge on any atom is 0.347 e. The Hall–Kier alpha value is -3.15. The van der Waals surface area contributed by atoms with Crippen molar-refractivity contribution in [1.29, 1.82) is 0 Å². The summed E-state index contributed by atoms with van der Waals surface area (Å²) in [6.45, 7) is 1.93. The van der Waals surface area contributed by atoms with Gasteiger partial charge in [0.2, 0.25) is 0 Å². The van der Waals surface area contributed by atoms with Gasteiger partial charge in [0.05, 0.1) is 12.2 Å². The van der Waals surface area contributed by atoms with Crippen LogP contribution in [0.5, 0.6) is 0 Å². The van der Waals surface area contributed by atoms with E-state index in [-0.39, 0.29) is 19.0 Å². The van der Waals surface area contributed by atoms with Crippen LogP contribution in [0.4, 0.5) is 0 Å². The van der Waals surface area contributed by atoms with Crippen molar-refractivity contribution in [2.75, 3.05) is 6.61 Å². The minimum absolute atomic E-state index is 0.142. The summed E-state index contributed by atoms with van der Waals surface area (Å²) >= 11 is 0. The maximum absolute atomic E-state index is 11.9. The SMILES string of the molecule is C[C@H](OC(=O)CCCCCOC(=O)c1ccccc1)C(=O)OCc1ccccc1. The van der Waals surface area contributed by atoms with E-state index >= 15 is 0 Å². The zero-order valence-electron chi connectivity index (χ0n) is 16.5. The molecule has 29 heavy (non-hydrogen) atoms. The minimum atomic E-state index is -0.946. The molecule has 0 N–H and O–H groups in total. The fraction of sp³-hybridized carbons (Fsp3) is 0.348. The molecule has 0 saturated heterocycles. The van der Waals surface area contributed by atoms with E-state index in [9.17, 15) is 14.4 Å². The second-order valence-electron chi connectivity index (χ2n) is 6.54. The van der Waals surface area contributed by atoms with Gasteiger partial charge in [0.15, 0.2) is 6.10 Å². The summed E-state index contributed by atoms with van der Waals surface area (Å²) in [7, 11) is 0. The van der Waals surface area contributed by atoms with Crippen molar-refractivity contribution in [3.05, 3.63) is 71.8 Å². The second-order valence-corrected chi connectivity index (χ2v) is 6.54. The minimum Gasteiger partial charge on any atom is -0.462 e. The van der Waals surface area contributed by atoms with Gasteiger partial charge in [-0.1, -0.05) is 48.5 Å². The van der Waals surface area contributed by atoms with Gasteiger partial charge in [0.25, 0.3) is 0 Å². The number of unbranched alkanes of at least 4 members (excludes halogenated alkanes) is 2. The van der Waals surface area contributed by atoms with Crippen LogP contribution in [-0.2, 0) is 30.4 Å².